The maximum absolute atomic E-state index is 14.6. The first-order chi connectivity index (χ1) is 14.8. The molecule has 1 saturated carbocycles. The molecular weight excluding hydrogens is 464 g/mol. The molecule has 1 amide bonds. The van der Waals surface area contributed by atoms with Gasteiger partial charge in [-0.15, -0.1) is 0 Å². The number of carbonyl (C=O) groups is 1. The fourth-order valence-electron chi connectivity index (χ4n) is 3.02. The minimum Gasteiger partial charge on any atom is -0.455 e. The molecule has 1 aliphatic carbocycles. The van der Waals surface area contributed by atoms with Crippen LogP contribution in [0.15, 0.2) is 65.2 Å². The Kier molecular flexibility index (Phi) is 7.70. The van der Waals surface area contributed by atoms with Gasteiger partial charge in [-0.25, -0.2) is 4.39 Å². The van der Waals surface area contributed by atoms with Gasteiger partial charge in [0.05, 0.1) is 6.54 Å². The van der Waals surface area contributed by atoms with Gasteiger partial charge in [-0.05, 0) is 48.6 Å². The zero-order valence-electron chi connectivity index (χ0n) is 16.4. The Bertz CT molecular complexity index is 1030. The Hall–Kier alpha value is -2.41. The molecular formula is C22H21Cl3FN3O2. The highest BCUT2D eigenvalue weighted by Crippen LogP contribution is 2.41. The predicted octanol–water partition coefficient (Wildman–Crippen LogP) is 5.29. The second kappa shape index (κ2) is 10.3. The van der Waals surface area contributed by atoms with E-state index in [-0.39, 0.29) is 33.6 Å². The van der Waals surface area contributed by atoms with E-state index in [4.69, 9.17) is 51.0 Å². The van der Waals surface area contributed by atoms with Crippen molar-refractivity contribution in [2.45, 2.75) is 24.9 Å². The first-order valence-electron chi connectivity index (χ1n) is 9.52. The lowest BCUT2D eigenvalue weighted by atomic mass is 10.1. The first-order valence-corrected chi connectivity index (χ1v) is 10.7. The summed E-state index contributed by atoms with van der Waals surface area (Å²) >= 11 is 17.8. The van der Waals surface area contributed by atoms with Crippen molar-refractivity contribution in [3.05, 3.63) is 86.3 Å². The Morgan fingerprint density at radius 3 is 2.61 bits per heavy atom. The van der Waals surface area contributed by atoms with Crippen LogP contribution >= 0.6 is 34.8 Å². The molecule has 9 heteroatoms. The van der Waals surface area contributed by atoms with Crippen LogP contribution < -0.4 is 21.5 Å². The van der Waals surface area contributed by atoms with Gasteiger partial charge in [0.1, 0.15) is 22.7 Å². The monoisotopic (exact) mass is 483 g/mol. The van der Waals surface area contributed by atoms with Crippen LogP contribution in [0.5, 0.6) is 5.75 Å². The highest BCUT2D eigenvalue weighted by molar-refractivity contribution is 6.35. The zero-order valence-corrected chi connectivity index (χ0v) is 18.6. The first kappa shape index (κ1) is 23.3. The van der Waals surface area contributed by atoms with Crippen molar-refractivity contribution >= 4 is 40.7 Å². The molecule has 2 aromatic carbocycles. The van der Waals surface area contributed by atoms with E-state index >= 15 is 0 Å². The van der Waals surface area contributed by atoms with Crippen LogP contribution in [0.25, 0.3) is 0 Å². The number of nitrogens with one attached hydrogen (secondary N) is 1. The third kappa shape index (κ3) is 6.06. The van der Waals surface area contributed by atoms with Gasteiger partial charge in [0.25, 0.3) is 5.91 Å². The van der Waals surface area contributed by atoms with Gasteiger partial charge in [-0.2, -0.15) is 0 Å². The standard InChI is InChI=1S/C22H21Cl3FN3O2/c23-14-6-7-16(17(24)9-14)18(26)11-29-22(30)20(21(25)28)19(10-27)31-15-3-1-2-13(8-15)12-4-5-12/h1-3,6-10,12,18H,4-5,11,27-28H2,(H,29,30)/b19-10+,21-20+. The molecule has 0 radical (unpaired) electrons. The average molecular weight is 485 g/mol. The number of amides is 1. The van der Waals surface area contributed by atoms with Crippen molar-refractivity contribution in [2.24, 2.45) is 11.5 Å². The van der Waals surface area contributed by atoms with E-state index in [0.717, 1.165) is 24.6 Å². The quantitative estimate of drug-likeness (QED) is 0.206. The van der Waals surface area contributed by atoms with Crippen LogP contribution in [0.2, 0.25) is 10.0 Å². The predicted molar refractivity (Wildman–Crippen MR) is 122 cm³/mol. The van der Waals surface area contributed by atoms with Crippen molar-refractivity contribution in [1.82, 2.24) is 5.32 Å². The summed E-state index contributed by atoms with van der Waals surface area (Å²) in [7, 11) is 0. The van der Waals surface area contributed by atoms with E-state index in [1.165, 1.54) is 18.2 Å². The molecule has 1 atom stereocenters. The summed E-state index contributed by atoms with van der Waals surface area (Å²) in [6.07, 6.45) is 1.77. The maximum atomic E-state index is 14.6. The van der Waals surface area contributed by atoms with Gasteiger partial charge in [0.15, 0.2) is 5.76 Å². The van der Waals surface area contributed by atoms with Gasteiger partial charge in [-0.3, -0.25) is 4.79 Å². The second-order valence-electron chi connectivity index (χ2n) is 7.05. The molecule has 5 N–H and O–H groups in total. The minimum absolute atomic E-state index is 0.0436. The number of hydrogen-bond acceptors (Lipinski definition) is 4. The van der Waals surface area contributed by atoms with Crippen molar-refractivity contribution in [3.8, 4) is 5.75 Å². The molecule has 5 nitrogen and oxygen atoms in total. The van der Waals surface area contributed by atoms with E-state index < -0.39 is 12.1 Å². The topological polar surface area (TPSA) is 90.4 Å². The lowest BCUT2D eigenvalue weighted by Gasteiger charge is -2.16. The summed E-state index contributed by atoms with van der Waals surface area (Å²) < 4.78 is 20.4. The highest BCUT2D eigenvalue weighted by Gasteiger charge is 2.25. The molecule has 0 bridgehead atoms. The Morgan fingerprint density at radius 2 is 2.00 bits per heavy atom. The normalized spacial score (nSPS) is 15.8. The molecule has 1 fully saturated rings. The molecule has 3 rings (SSSR count). The van der Waals surface area contributed by atoms with Gasteiger partial charge in [0.2, 0.25) is 0 Å². The van der Waals surface area contributed by atoms with Crippen LogP contribution in [-0.4, -0.2) is 12.5 Å². The largest absolute Gasteiger partial charge is 0.455 e. The van der Waals surface area contributed by atoms with Crippen LogP contribution in [0.4, 0.5) is 4.39 Å². The fraction of sp³-hybridized carbons (Fsp3) is 0.227. The van der Waals surface area contributed by atoms with E-state index in [2.05, 4.69) is 5.32 Å². The number of benzene rings is 2. The van der Waals surface area contributed by atoms with Crippen LogP contribution in [0.1, 0.15) is 36.1 Å². The third-order valence-corrected chi connectivity index (χ3v) is 5.49. The molecule has 1 aliphatic rings. The van der Waals surface area contributed by atoms with Crippen molar-refractivity contribution in [1.29, 1.82) is 0 Å². The summed E-state index contributed by atoms with van der Waals surface area (Å²) in [6.45, 7) is -0.372. The van der Waals surface area contributed by atoms with E-state index in [1.807, 2.05) is 18.2 Å². The van der Waals surface area contributed by atoms with Crippen molar-refractivity contribution < 1.29 is 13.9 Å². The van der Waals surface area contributed by atoms with Crippen LogP contribution in [0, 0.1) is 0 Å². The highest BCUT2D eigenvalue weighted by atomic mass is 35.5. The fourth-order valence-corrected chi connectivity index (χ4v) is 3.72. The summed E-state index contributed by atoms with van der Waals surface area (Å²) in [5.41, 5.74) is 12.5. The molecule has 2 aromatic rings. The SMILES string of the molecule is N/C=C(Oc1cccc(C2CC2)c1)\C(C(=O)NCC(F)c1ccc(Cl)cc1Cl)=C(/N)Cl. The summed E-state index contributed by atoms with van der Waals surface area (Å²) in [4.78, 5) is 12.7. The van der Waals surface area contributed by atoms with Gasteiger partial charge in [-0.1, -0.05) is 53.0 Å². The lowest BCUT2D eigenvalue weighted by molar-refractivity contribution is -0.117. The number of hydrogen-bond donors (Lipinski definition) is 3. The number of carbonyl (C=O) groups excluding carboxylic acids is 1. The molecule has 164 valence electrons. The smallest absolute Gasteiger partial charge is 0.258 e. The van der Waals surface area contributed by atoms with Gasteiger partial charge in [0, 0.05) is 21.8 Å². The molecule has 0 aliphatic heterocycles. The zero-order chi connectivity index (χ0) is 22.5. The van der Waals surface area contributed by atoms with Crippen LogP contribution in [0.3, 0.4) is 0 Å². The molecule has 31 heavy (non-hydrogen) atoms. The summed E-state index contributed by atoms with van der Waals surface area (Å²) in [5.74, 6) is 0.222. The average Bonchev–Trinajstić information content (AvgIpc) is 3.57. The maximum Gasteiger partial charge on any atom is 0.258 e. The molecule has 0 spiro atoms. The molecule has 0 heterocycles. The van der Waals surface area contributed by atoms with E-state index in [9.17, 15) is 9.18 Å². The Morgan fingerprint density at radius 1 is 1.26 bits per heavy atom. The number of halogens is 4. The van der Waals surface area contributed by atoms with Gasteiger partial charge < -0.3 is 21.5 Å². The summed E-state index contributed by atoms with van der Waals surface area (Å²) in [6, 6.07) is 11.9. The minimum atomic E-state index is -1.58. The number of ether oxygens (including phenoxy) is 1. The van der Waals surface area contributed by atoms with Gasteiger partial charge >= 0.3 is 0 Å². The number of nitrogens with two attached hydrogens (primary N) is 2. The number of rotatable bonds is 8. The Balaban J connectivity index is 1.70. The molecule has 0 aromatic heterocycles. The van der Waals surface area contributed by atoms with Crippen molar-refractivity contribution in [3.63, 3.8) is 0 Å². The molecule has 0 saturated heterocycles. The summed E-state index contributed by atoms with van der Waals surface area (Å²) in [5, 5.41) is 2.64. The second-order valence-corrected chi connectivity index (χ2v) is 8.30. The lowest BCUT2D eigenvalue weighted by Crippen LogP contribution is -2.31. The third-order valence-electron chi connectivity index (χ3n) is 4.74. The van der Waals surface area contributed by atoms with E-state index in [1.54, 1.807) is 6.07 Å². The van der Waals surface area contributed by atoms with E-state index in [0.29, 0.717) is 16.7 Å². The number of alkyl halides is 1. The Labute approximate surface area is 194 Å². The molecule has 1 unspecified atom stereocenters. The van der Waals surface area contributed by atoms with Crippen LogP contribution in [-0.2, 0) is 4.79 Å². The van der Waals surface area contributed by atoms with Crippen molar-refractivity contribution in [2.75, 3.05) is 6.54 Å².